The molecule has 2 atom stereocenters. The number of ketones is 1. The molecule has 144 valence electrons. The Kier molecular flexibility index (Phi) is 3.54. The molecule has 0 amide bonds. The highest BCUT2D eigenvalue weighted by molar-refractivity contribution is 6.07. The van der Waals surface area contributed by atoms with Gasteiger partial charge in [-0.15, -0.1) is 0 Å². The third-order valence-electron chi connectivity index (χ3n) is 6.45. The molecule has 1 aliphatic heterocycles. The maximum absolute atomic E-state index is 13.6. The first-order valence-corrected chi connectivity index (χ1v) is 10.3. The highest BCUT2D eigenvalue weighted by Gasteiger charge is 2.57. The third kappa shape index (κ3) is 2.22. The molecule has 0 N–H and O–H groups in total. The molecule has 0 radical (unpaired) electrons. The molecule has 1 heterocycles. The first-order valence-electron chi connectivity index (χ1n) is 10.3. The maximum Gasteiger partial charge on any atom is 0.207 e. The van der Waals surface area contributed by atoms with E-state index in [-0.39, 0.29) is 11.7 Å². The third-order valence-corrected chi connectivity index (χ3v) is 6.45. The smallest absolute Gasteiger partial charge is 0.207 e. The van der Waals surface area contributed by atoms with Crippen molar-refractivity contribution in [1.29, 1.82) is 0 Å². The summed E-state index contributed by atoms with van der Waals surface area (Å²) in [5.41, 5.74) is 4.26. The summed E-state index contributed by atoms with van der Waals surface area (Å²) in [4.78, 5) is 13.6. The van der Waals surface area contributed by atoms with Gasteiger partial charge >= 0.3 is 0 Å². The van der Waals surface area contributed by atoms with E-state index in [0.29, 0.717) is 0 Å². The fourth-order valence-electron chi connectivity index (χ4n) is 5.06. The van der Waals surface area contributed by atoms with Crippen molar-refractivity contribution in [3.8, 4) is 5.75 Å². The van der Waals surface area contributed by atoms with Gasteiger partial charge in [-0.3, -0.25) is 4.79 Å². The van der Waals surface area contributed by atoms with Crippen LogP contribution in [-0.2, 0) is 10.4 Å². The normalized spacial score (nSPS) is 21.5. The fraction of sp³-hybridized carbons (Fsp3) is 0.107. The molecule has 0 unspecified atom stereocenters. The minimum absolute atomic E-state index is 0.00736. The predicted octanol–water partition coefficient (Wildman–Crippen LogP) is 6.16. The molecular formula is C28H20O2. The molecule has 2 nitrogen and oxygen atoms in total. The lowest BCUT2D eigenvalue weighted by Gasteiger charge is -2.36. The number of hydrogen-bond donors (Lipinski definition) is 0. The second-order valence-corrected chi connectivity index (χ2v) is 8.16. The van der Waals surface area contributed by atoms with Gasteiger partial charge in [0.1, 0.15) is 5.75 Å². The van der Waals surface area contributed by atoms with Crippen LogP contribution in [0.25, 0.3) is 16.8 Å². The minimum atomic E-state index is -1.09. The van der Waals surface area contributed by atoms with Gasteiger partial charge in [0.25, 0.3) is 0 Å². The van der Waals surface area contributed by atoms with Gasteiger partial charge in [-0.1, -0.05) is 90.5 Å². The van der Waals surface area contributed by atoms with Gasteiger partial charge in [-0.25, -0.2) is 0 Å². The van der Waals surface area contributed by atoms with Crippen molar-refractivity contribution < 1.29 is 9.53 Å². The van der Waals surface area contributed by atoms with Crippen molar-refractivity contribution in [3.05, 3.63) is 119 Å². The average molecular weight is 388 g/mol. The zero-order valence-corrected chi connectivity index (χ0v) is 16.6. The Hall–Kier alpha value is -3.65. The molecule has 0 fully saturated rings. The van der Waals surface area contributed by atoms with E-state index in [1.165, 1.54) is 5.56 Å². The van der Waals surface area contributed by atoms with Crippen molar-refractivity contribution >= 4 is 22.6 Å². The standard InChI is InChI=1S/C28H20O2/c1-18-10-12-21(13-11-18)27-26-22-8-4-2-6-19(22)14-16-24(26)30-28(27)23-9-5-3-7-20(23)15-17-25(28)29/h2-17,27H,1H3/t27-,28+/m0/s1. The Bertz CT molecular complexity index is 1350. The summed E-state index contributed by atoms with van der Waals surface area (Å²) in [5.74, 6) is 0.558. The molecule has 4 aromatic rings. The van der Waals surface area contributed by atoms with E-state index in [2.05, 4.69) is 61.5 Å². The quantitative estimate of drug-likeness (QED) is 0.390. The molecule has 0 bridgehead atoms. The van der Waals surface area contributed by atoms with Crippen molar-refractivity contribution in [3.63, 3.8) is 0 Å². The molecule has 30 heavy (non-hydrogen) atoms. The molecule has 0 saturated heterocycles. The Balaban J connectivity index is 1.72. The summed E-state index contributed by atoms with van der Waals surface area (Å²) < 4.78 is 6.68. The van der Waals surface area contributed by atoms with E-state index >= 15 is 0 Å². The van der Waals surface area contributed by atoms with Crippen molar-refractivity contribution in [2.24, 2.45) is 0 Å². The SMILES string of the molecule is Cc1ccc([C@H]2c3c(ccc4ccccc34)O[C@]23C(=O)C=Cc2ccccc23)cc1. The molecule has 4 aromatic carbocycles. The van der Waals surface area contributed by atoms with Crippen LogP contribution in [0.1, 0.15) is 33.7 Å². The first-order chi connectivity index (χ1) is 14.7. The van der Waals surface area contributed by atoms with Crippen LogP contribution >= 0.6 is 0 Å². The van der Waals surface area contributed by atoms with Crippen molar-refractivity contribution in [2.45, 2.75) is 18.4 Å². The molecule has 1 spiro atoms. The average Bonchev–Trinajstić information content (AvgIpc) is 3.14. The number of ether oxygens (including phenoxy) is 1. The van der Waals surface area contributed by atoms with Gasteiger partial charge in [0.05, 0.1) is 5.92 Å². The Morgan fingerprint density at radius 2 is 1.57 bits per heavy atom. The number of rotatable bonds is 1. The predicted molar refractivity (Wildman–Crippen MR) is 120 cm³/mol. The van der Waals surface area contributed by atoms with Gasteiger partial charge in [0.2, 0.25) is 11.4 Å². The second-order valence-electron chi connectivity index (χ2n) is 8.16. The van der Waals surface area contributed by atoms with E-state index in [1.807, 2.05) is 36.4 Å². The number of benzene rings is 4. The number of carbonyl (C=O) groups is 1. The van der Waals surface area contributed by atoms with Crippen LogP contribution in [0, 0.1) is 6.92 Å². The van der Waals surface area contributed by atoms with Crippen LogP contribution < -0.4 is 4.74 Å². The topological polar surface area (TPSA) is 26.3 Å². The summed E-state index contributed by atoms with van der Waals surface area (Å²) in [5, 5.41) is 2.29. The molecule has 0 saturated carbocycles. The molecular weight excluding hydrogens is 368 g/mol. The van der Waals surface area contributed by atoms with Crippen molar-refractivity contribution in [2.75, 3.05) is 0 Å². The summed E-state index contributed by atoms with van der Waals surface area (Å²) in [6.07, 6.45) is 3.58. The maximum atomic E-state index is 13.6. The van der Waals surface area contributed by atoms with E-state index in [0.717, 1.165) is 38.8 Å². The van der Waals surface area contributed by atoms with E-state index in [9.17, 15) is 4.79 Å². The van der Waals surface area contributed by atoms with Crippen molar-refractivity contribution in [1.82, 2.24) is 0 Å². The summed E-state index contributed by atoms with van der Waals surface area (Å²) in [6, 6.07) is 29.0. The zero-order chi connectivity index (χ0) is 20.3. The zero-order valence-electron chi connectivity index (χ0n) is 16.6. The van der Waals surface area contributed by atoms with Crippen LogP contribution in [0.2, 0.25) is 0 Å². The van der Waals surface area contributed by atoms with Gasteiger partial charge in [0, 0.05) is 11.1 Å². The number of fused-ring (bicyclic) bond motifs is 5. The largest absolute Gasteiger partial charge is 0.473 e. The van der Waals surface area contributed by atoms with Gasteiger partial charge in [-0.2, -0.15) is 0 Å². The van der Waals surface area contributed by atoms with Crippen LogP contribution in [0.15, 0.2) is 91.0 Å². The van der Waals surface area contributed by atoms with E-state index in [1.54, 1.807) is 6.08 Å². The van der Waals surface area contributed by atoms with Gasteiger partial charge < -0.3 is 4.74 Å². The molecule has 2 aliphatic rings. The molecule has 0 aromatic heterocycles. The monoisotopic (exact) mass is 388 g/mol. The highest BCUT2D eigenvalue weighted by atomic mass is 16.5. The van der Waals surface area contributed by atoms with Gasteiger partial charge in [-0.05, 0) is 41.0 Å². The van der Waals surface area contributed by atoms with Crippen LogP contribution in [0.4, 0.5) is 0 Å². The van der Waals surface area contributed by atoms with Crippen LogP contribution in [0.3, 0.4) is 0 Å². The molecule has 6 rings (SSSR count). The molecule has 2 heteroatoms. The van der Waals surface area contributed by atoms with Crippen LogP contribution in [-0.4, -0.2) is 5.78 Å². The lowest BCUT2D eigenvalue weighted by atomic mass is 9.69. The first kappa shape index (κ1) is 17.2. The van der Waals surface area contributed by atoms with E-state index in [4.69, 9.17) is 4.74 Å². The number of aryl methyl sites for hydroxylation is 1. The Morgan fingerprint density at radius 1 is 0.800 bits per heavy atom. The Labute approximate surface area is 175 Å². The minimum Gasteiger partial charge on any atom is -0.473 e. The highest BCUT2D eigenvalue weighted by Crippen LogP contribution is 2.57. The Morgan fingerprint density at radius 3 is 2.43 bits per heavy atom. The molecule has 1 aliphatic carbocycles. The van der Waals surface area contributed by atoms with E-state index < -0.39 is 5.60 Å². The number of carbonyl (C=O) groups excluding carboxylic acids is 1. The fourth-order valence-corrected chi connectivity index (χ4v) is 5.06. The lowest BCUT2D eigenvalue weighted by Crippen LogP contribution is -2.45. The summed E-state index contributed by atoms with van der Waals surface area (Å²) in [7, 11) is 0. The van der Waals surface area contributed by atoms with Gasteiger partial charge in [0.15, 0.2) is 0 Å². The summed E-state index contributed by atoms with van der Waals surface area (Å²) >= 11 is 0. The summed E-state index contributed by atoms with van der Waals surface area (Å²) in [6.45, 7) is 2.08. The van der Waals surface area contributed by atoms with Crippen LogP contribution in [0.5, 0.6) is 5.75 Å². The second kappa shape index (κ2) is 6.17. The number of hydrogen-bond acceptors (Lipinski definition) is 2. The lowest BCUT2D eigenvalue weighted by molar-refractivity contribution is -0.130.